The third-order valence-corrected chi connectivity index (χ3v) is 4.43. The number of imidazole rings is 1. The number of aromatic nitrogens is 2. The minimum absolute atomic E-state index is 0. The van der Waals surface area contributed by atoms with Crippen LogP contribution < -0.4 is 10.0 Å². The Balaban J connectivity index is 0.00000162. The molecule has 2 N–H and O–H groups in total. The zero-order valence-electron chi connectivity index (χ0n) is 9.89. The van der Waals surface area contributed by atoms with Crippen molar-refractivity contribution in [2.24, 2.45) is 7.05 Å². The van der Waals surface area contributed by atoms with Gasteiger partial charge < -0.3 is 9.88 Å². The van der Waals surface area contributed by atoms with Crippen LogP contribution in [0.25, 0.3) is 0 Å². The lowest BCUT2D eigenvalue weighted by molar-refractivity contribution is 0.428. The Kier molecular flexibility index (Phi) is 5.42. The van der Waals surface area contributed by atoms with Gasteiger partial charge in [-0.2, -0.15) is 0 Å². The topological polar surface area (TPSA) is 76.0 Å². The number of nitrogens with zero attached hydrogens (tertiary/aromatic N) is 2. The van der Waals surface area contributed by atoms with Crippen molar-refractivity contribution in [1.29, 1.82) is 0 Å². The highest BCUT2D eigenvalue weighted by Gasteiger charge is 2.24. The van der Waals surface area contributed by atoms with Crippen LogP contribution in [0.3, 0.4) is 0 Å². The molecule has 0 amide bonds. The maximum Gasteiger partial charge on any atom is 0.259 e. The second-order valence-electron chi connectivity index (χ2n) is 4.12. The van der Waals surface area contributed by atoms with E-state index in [0.717, 1.165) is 19.4 Å². The highest BCUT2D eigenvalue weighted by molar-refractivity contribution is 7.89. The number of piperidine rings is 1. The van der Waals surface area contributed by atoms with Gasteiger partial charge in [-0.25, -0.2) is 18.1 Å². The highest BCUT2D eigenvalue weighted by atomic mass is 35.5. The molecule has 1 saturated heterocycles. The van der Waals surface area contributed by atoms with Crippen molar-refractivity contribution in [2.45, 2.75) is 23.9 Å². The first-order valence-electron chi connectivity index (χ1n) is 5.41. The zero-order chi connectivity index (χ0) is 12.5. The van der Waals surface area contributed by atoms with Gasteiger partial charge in [-0.05, 0) is 31.0 Å². The van der Waals surface area contributed by atoms with Crippen molar-refractivity contribution >= 4 is 34.0 Å². The normalized spacial score (nSPS) is 20.4. The van der Waals surface area contributed by atoms with Crippen LogP contribution in [0.1, 0.15) is 12.8 Å². The second kappa shape index (κ2) is 6.21. The molecule has 18 heavy (non-hydrogen) atoms. The summed E-state index contributed by atoms with van der Waals surface area (Å²) in [5.74, 6) is 0. The van der Waals surface area contributed by atoms with Crippen LogP contribution in [0.4, 0.5) is 0 Å². The van der Waals surface area contributed by atoms with Gasteiger partial charge in [-0.3, -0.25) is 0 Å². The Morgan fingerprint density at radius 2 is 2.33 bits per heavy atom. The van der Waals surface area contributed by atoms with Crippen LogP contribution in [0.2, 0.25) is 5.28 Å². The summed E-state index contributed by atoms with van der Waals surface area (Å²) in [6, 6.07) is -0.0745. The standard InChI is InChI=1S/C9H15ClN4O2S.ClH/c1-14-6-8(12-9(14)10)17(15,16)13-7-3-2-4-11-5-7;/h6-7,11,13H,2-5H2,1H3;1H. The number of nitrogens with one attached hydrogen (secondary N) is 2. The van der Waals surface area contributed by atoms with Gasteiger partial charge in [0.25, 0.3) is 10.0 Å². The zero-order valence-corrected chi connectivity index (χ0v) is 12.3. The van der Waals surface area contributed by atoms with Crippen molar-refractivity contribution in [3.05, 3.63) is 11.5 Å². The number of halogens is 2. The molecule has 2 heterocycles. The molecule has 1 aromatic heterocycles. The van der Waals surface area contributed by atoms with Crippen molar-refractivity contribution in [3.63, 3.8) is 0 Å². The fraction of sp³-hybridized carbons (Fsp3) is 0.667. The average Bonchev–Trinajstić information content (AvgIpc) is 2.61. The fourth-order valence-corrected chi connectivity index (χ4v) is 3.23. The van der Waals surface area contributed by atoms with Crippen LogP contribution >= 0.6 is 24.0 Å². The third kappa shape index (κ3) is 3.58. The maximum absolute atomic E-state index is 12.0. The van der Waals surface area contributed by atoms with Gasteiger partial charge in [0, 0.05) is 25.8 Å². The minimum atomic E-state index is -3.57. The van der Waals surface area contributed by atoms with Crippen LogP contribution in [0.5, 0.6) is 0 Å². The summed E-state index contributed by atoms with van der Waals surface area (Å²) >= 11 is 5.73. The molecule has 0 aromatic carbocycles. The number of aryl methyl sites for hydroxylation is 1. The number of sulfonamides is 1. The summed E-state index contributed by atoms with van der Waals surface area (Å²) < 4.78 is 28.1. The molecule has 2 rings (SSSR count). The first-order valence-corrected chi connectivity index (χ1v) is 7.27. The SMILES string of the molecule is Cl.Cn1cc(S(=O)(=O)NC2CCCNC2)nc1Cl. The van der Waals surface area contributed by atoms with Crippen LogP contribution in [0.15, 0.2) is 11.2 Å². The molecular formula is C9H16Cl2N4O2S. The van der Waals surface area contributed by atoms with E-state index in [9.17, 15) is 8.42 Å². The number of hydrogen-bond acceptors (Lipinski definition) is 4. The van der Waals surface area contributed by atoms with E-state index >= 15 is 0 Å². The molecule has 1 fully saturated rings. The Morgan fingerprint density at radius 3 is 2.83 bits per heavy atom. The van der Waals surface area contributed by atoms with Gasteiger partial charge in [-0.15, -0.1) is 12.4 Å². The average molecular weight is 315 g/mol. The summed E-state index contributed by atoms with van der Waals surface area (Å²) in [6.45, 7) is 1.59. The molecule has 9 heteroatoms. The van der Waals surface area contributed by atoms with E-state index in [4.69, 9.17) is 11.6 Å². The molecule has 1 atom stereocenters. The summed E-state index contributed by atoms with van der Waals surface area (Å²) in [7, 11) is -1.92. The Labute approximate surface area is 118 Å². The van der Waals surface area contributed by atoms with Crippen LogP contribution in [0, 0.1) is 0 Å². The van der Waals surface area contributed by atoms with Crippen molar-refractivity contribution in [2.75, 3.05) is 13.1 Å². The molecule has 0 saturated carbocycles. The molecule has 0 bridgehead atoms. The lowest BCUT2D eigenvalue weighted by Crippen LogP contribution is -2.45. The summed E-state index contributed by atoms with van der Waals surface area (Å²) in [6.07, 6.45) is 3.21. The van der Waals surface area contributed by atoms with E-state index in [1.165, 1.54) is 10.8 Å². The van der Waals surface area contributed by atoms with Gasteiger partial charge in [-0.1, -0.05) is 0 Å². The Hall–Kier alpha value is -0.340. The maximum atomic E-state index is 12.0. The molecule has 1 unspecified atom stereocenters. The van der Waals surface area contributed by atoms with Crippen molar-refractivity contribution in [3.8, 4) is 0 Å². The van der Waals surface area contributed by atoms with Crippen molar-refractivity contribution < 1.29 is 8.42 Å². The van der Waals surface area contributed by atoms with E-state index in [1.54, 1.807) is 7.05 Å². The van der Waals surface area contributed by atoms with Crippen LogP contribution in [-0.4, -0.2) is 37.1 Å². The first kappa shape index (κ1) is 15.7. The smallest absolute Gasteiger partial charge is 0.259 e. The molecule has 1 aliphatic rings. The highest BCUT2D eigenvalue weighted by Crippen LogP contribution is 2.13. The number of rotatable bonds is 3. The monoisotopic (exact) mass is 314 g/mol. The molecule has 104 valence electrons. The van der Waals surface area contributed by atoms with Gasteiger partial charge in [0.05, 0.1) is 0 Å². The molecule has 0 radical (unpaired) electrons. The number of hydrogen-bond donors (Lipinski definition) is 2. The summed E-state index contributed by atoms with van der Waals surface area (Å²) in [4.78, 5) is 3.80. The summed E-state index contributed by atoms with van der Waals surface area (Å²) in [5, 5.41) is 3.27. The van der Waals surface area contributed by atoms with Gasteiger partial charge >= 0.3 is 0 Å². The van der Waals surface area contributed by atoms with Gasteiger partial charge in [0.1, 0.15) is 0 Å². The van der Waals surface area contributed by atoms with Gasteiger partial charge in [0.15, 0.2) is 5.03 Å². The van der Waals surface area contributed by atoms with E-state index in [2.05, 4.69) is 15.0 Å². The lowest BCUT2D eigenvalue weighted by atomic mass is 10.1. The molecule has 1 aliphatic heterocycles. The molecule has 6 nitrogen and oxygen atoms in total. The predicted molar refractivity (Wildman–Crippen MR) is 71.7 cm³/mol. The van der Waals surface area contributed by atoms with Crippen molar-refractivity contribution in [1.82, 2.24) is 19.6 Å². The molecule has 0 aliphatic carbocycles. The van der Waals surface area contributed by atoms with E-state index < -0.39 is 10.0 Å². The predicted octanol–water partition coefficient (Wildman–Crippen LogP) is 0.526. The Bertz CT molecular complexity index is 477. The van der Waals surface area contributed by atoms with E-state index in [1.807, 2.05) is 0 Å². The Morgan fingerprint density at radius 1 is 1.61 bits per heavy atom. The third-order valence-electron chi connectivity index (χ3n) is 2.69. The molecule has 1 aromatic rings. The first-order chi connectivity index (χ1) is 7.99. The van der Waals surface area contributed by atoms with Crippen LogP contribution in [-0.2, 0) is 17.1 Å². The van der Waals surface area contributed by atoms with E-state index in [0.29, 0.717) is 6.54 Å². The fourth-order valence-electron chi connectivity index (χ4n) is 1.78. The second-order valence-corrected chi connectivity index (χ2v) is 6.12. The molecular weight excluding hydrogens is 299 g/mol. The molecule has 0 spiro atoms. The minimum Gasteiger partial charge on any atom is -0.323 e. The summed E-state index contributed by atoms with van der Waals surface area (Å²) in [5.41, 5.74) is 0. The largest absolute Gasteiger partial charge is 0.323 e. The van der Waals surface area contributed by atoms with E-state index in [-0.39, 0.29) is 28.8 Å². The van der Waals surface area contributed by atoms with Gasteiger partial charge in [0.2, 0.25) is 5.28 Å². The lowest BCUT2D eigenvalue weighted by Gasteiger charge is -2.22. The quantitative estimate of drug-likeness (QED) is 0.853.